The minimum absolute atomic E-state index is 0.0127. The Kier molecular flexibility index (Phi) is 3.91. The number of nitrogens with zero attached hydrogens (tertiary/aromatic N) is 2. The Morgan fingerprint density at radius 1 is 1.25 bits per heavy atom. The number of pyridine rings is 1. The van der Waals surface area contributed by atoms with Gasteiger partial charge in [-0.15, -0.1) is 0 Å². The third kappa shape index (κ3) is 2.89. The summed E-state index contributed by atoms with van der Waals surface area (Å²) in [5.41, 5.74) is 6.37. The van der Waals surface area contributed by atoms with Crippen molar-refractivity contribution in [2.24, 2.45) is 0 Å². The lowest BCUT2D eigenvalue weighted by Gasteiger charge is -2.18. The number of hydrogen-bond acceptors (Lipinski definition) is 5. The fraction of sp³-hybridized carbons (Fsp3) is 0.154. The van der Waals surface area contributed by atoms with Crippen LogP contribution in [-0.4, -0.2) is 29.9 Å². The van der Waals surface area contributed by atoms with Crippen molar-refractivity contribution in [2.75, 3.05) is 12.8 Å². The Morgan fingerprint density at radius 3 is 2.50 bits per heavy atom. The molecule has 0 amide bonds. The highest BCUT2D eigenvalue weighted by molar-refractivity contribution is 7.89. The maximum Gasteiger partial charge on any atom is 0.246 e. The number of hydrogen-bond donors (Lipinski definition) is 2. The Morgan fingerprint density at radius 2 is 1.90 bits per heavy atom. The number of aromatic hydroxyl groups is 1. The summed E-state index contributed by atoms with van der Waals surface area (Å²) in [5, 5.41) is 9.21. The molecule has 2 rings (SSSR count). The van der Waals surface area contributed by atoms with Crippen LogP contribution in [0.25, 0.3) is 0 Å². The molecule has 0 atom stereocenters. The first-order chi connectivity index (χ1) is 9.41. The zero-order chi connectivity index (χ0) is 14.8. The van der Waals surface area contributed by atoms with Crippen LogP contribution in [0.2, 0.25) is 0 Å². The molecule has 0 saturated carbocycles. The summed E-state index contributed by atoms with van der Waals surface area (Å²) in [6.07, 6.45) is 1.44. The summed E-state index contributed by atoms with van der Waals surface area (Å²) in [6.45, 7) is 0.178. The minimum Gasteiger partial charge on any atom is -0.508 e. The van der Waals surface area contributed by atoms with Gasteiger partial charge in [0.05, 0.1) is 0 Å². The first kappa shape index (κ1) is 14.3. The summed E-state index contributed by atoms with van der Waals surface area (Å²) in [7, 11) is -2.23. The predicted octanol–water partition coefficient (Wildman–Crippen LogP) is 1.19. The molecule has 1 heterocycles. The number of sulfonamides is 1. The van der Waals surface area contributed by atoms with E-state index in [1.54, 1.807) is 12.1 Å². The van der Waals surface area contributed by atoms with Crippen molar-refractivity contribution in [3.63, 3.8) is 0 Å². The van der Waals surface area contributed by atoms with Gasteiger partial charge in [0, 0.05) is 19.8 Å². The largest absolute Gasteiger partial charge is 0.508 e. The Labute approximate surface area is 117 Å². The van der Waals surface area contributed by atoms with Crippen LogP contribution in [0.5, 0.6) is 5.75 Å². The molecule has 1 aromatic carbocycles. The summed E-state index contributed by atoms with van der Waals surface area (Å²) >= 11 is 0. The molecule has 6 nitrogen and oxygen atoms in total. The summed E-state index contributed by atoms with van der Waals surface area (Å²) in [6, 6.07) is 9.28. The van der Waals surface area contributed by atoms with E-state index < -0.39 is 10.0 Å². The number of nitrogen functional groups attached to an aromatic ring is 1. The van der Waals surface area contributed by atoms with Crippen LogP contribution in [0.15, 0.2) is 47.5 Å². The molecular formula is C13H15N3O3S. The third-order valence-corrected chi connectivity index (χ3v) is 4.68. The van der Waals surface area contributed by atoms with Gasteiger partial charge in [0.15, 0.2) is 0 Å². The smallest absolute Gasteiger partial charge is 0.246 e. The molecule has 0 saturated heterocycles. The lowest BCUT2D eigenvalue weighted by Crippen LogP contribution is -2.27. The number of nitrogens with two attached hydrogens (primary N) is 1. The van der Waals surface area contributed by atoms with Gasteiger partial charge in [-0.1, -0.05) is 12.1 Å². The van der Waals surface area contributed by atoms with E-state index in [0.717, 1.165) is 5.56 Å². The molecule has 106 valence electrons. The van der Waals surface area contributed by atoms with Gasteiger partial charge in [-0.2, -0.15) is 4.31 Å². The van der Waals surface area contributed by atoms with Gasteiger partial charge in [-0.05, 0) is 29.8 Å². The van der Waals surface area contributed by atoms with E-state index in [4.69, 9.17) is 5.73 Å². The maximum atomic E-state index is 12.4. The van der Waals surface area contributed by atoms with E-state index in [1.807, 2.05) is 0 Å². The molecule has 0 bridgehead atoms. The first-order valence-corrected chi connectivity index (χ1v) is 7.30. The summed E-state index contributed by atoms with van der Waals surface area (Å²) in [4.78, 5) is 3.77. The van der Waals surface area contributed by atoms with Crippen molar-refractivity contribution < 1.29 is 13.5 Å². The molecule has 0 spiro atoms. The van der Waals surface area contributed by atoms with E-state index >= 15 is 0 Å². The van der Waals surface area contributed by atoms with E-state index in [0.29, 0.717) is 0 Å². The number of aromatic nitrogens is 1. The molecule has 0 aliphatic carbocycles. The van der Waals surface area contributed by atoms with Crippen LogP contribution in [-0.2, 0) is 16.6 Å². The van der Waals surface area contributed by atoms with Gasteiger partial charge in [-0.25, -0.2) is 13.4 Å². The molecule has 2 aromatic rings. The molecular weight excluding hydrogens is 278 g/mol. The number of phenols is 1. The van der Waals surface area contributed by atoms with Crippen molar-refractivity contribution >= 4 is 15.8 Å². The number of benzene rings is 1. The van der Waals surface area contributed by atoms with Gasteiger partial charge in [-0.3, -0.25) is 0 Å². The molecule has 20 heavy (non-hydrogen) atoms. The van der Waals surface area contributed by atoms with Crippen LogP contribution < -0.4 is 5.73 Å². The number of phenolic OH excluding ortho intramolecular Hbond substituents is 1. The molecule has 1 aromatic heterocycles. The van der Waals surface area contributed by atoms with E-state index in [9.17, 15) is 13.5 Å². The number of rotatable bonds is 4. The SMILES string of the molecule is CN(Cc1ccc(O)cc1)S(=O)(=O)c1cccnc1N. The number of anilines is 1. The monoisotopic (exact) mass is 293 g/mol. The van der Waals surface area contributed by atoms with Gasteiger partial charge < -0.3 is 10.8 Å². The van der Waals surface area contributed by atoms with Crippen LogP contribution >= 0.6 is 0 Å². The maximum absolute atomic E-state index is 12.4. The zero-order valence-corrected chi connectivity index (χ0v) is 11.7. The Balaban J connectivity index is 2.26. The first-order valence-electron chi connectivity index (χ1n) is 5.86. The normalized spacial score (nSPS) is 11.7. The fourth-order valence-electron chi connectivity index (χ4n) is 1.73. The van der Waals surface area contributed by atoms with Crippen molar-refractivity contribution in [1.29, 1.82) is 0 Å². The van der Waals surface area contributed by atoms with Crippen molar-refractivity contribution in [2.45, 2.75) is 11.4 Å². The summed E-state index contributed by atoms with van der Waals surface area (Å²) < 4.78 is 25.9. The van der Waals surface area contributed by atoms with E-state index in [1.165, 1.54) is 41.8 Å². The van der Waals surface area contributed by atoms with Crippen LogP contribution in [0.3, 0.4) is 0 Å². The van der Waals surface area contributed by atoms with E-state index in [-0.39, 0.29) is 23.0 Å². The Hall–Kier alpha value is -2.12. The quantitative estimate of drug-likeness (QED) is 0.882. The van der Waals surface area contributed by atoms with Crippen LogP contribution in [0, 0.1) is 0 Å². The van der Waals surface area contributed by atoms with E-state index in [2.05, 4.69) is 4.98 Å². The van der Waals surface area contributed by atoms with Crippen LogP contribution in [0.4, 0.5) is 5.82 Å². The standard InChI is InChI=1S/C13H15N3O3S/c1-16(9-10-4-6-11(17)7-5-10)20(18,19)12-3-2-8-15-13(12)14/h2-8,17H,9H2,1H3,(H2,14,15). The van der Waals surface area contributed by atoms with Gasteiger partial charge >= 0.3 is 0 Å². The highest BCUT2D eigenvalue weighted by Crippen LogP contribution is 2.21. The minimum atomic E-state index is -3.69. The van der Waals surface area contributed by atoms with Crippen molar-refractivity contribution in [3.05, 3.63) is 48.2 Å². The fourth-order valence-corrected chi connectivity index (χ4v) is 2.95. The lowest BCUT2D eigenvalue weighted by atomic mass is 10.2. The second kappa shape index (κ2) is 5.48. The molecule has 0 aliphatic heterocycles. The molecule has 0 fully saturated rings. The second-order valence-electron chi connectivity index (χ2n) is 4.31. The average Bonchev–Trinajstić information content (AvgIpc) is 2.41. The Bertz CT molecular complexity index is 699. The van der Waals surface area contributed by atoms with Gasteiger partial charge in [0.1, 0.15) is 16.5 Å². The topological polar surface area (TPSA) is 96.5 Å². The highest BCUT2D eigenvalue weighted by atomic mass is 32.2. The average molecular weight is 293 g/mol. The van der Waals surface area contributed by atoms with Crippen LogP contribution in [0.1, 0.15) is 5.56 Å². The summed E-state index contributed by atoms with van der Waals surface area (Å²) in [5.74, 6) is 0.112. The van der Waals surface area contributed by atoms with Crippen molar-refractivity contribution in [1.82, 2.24) is 9.29 Å². The van der Waals surface area contributed by atoms with Gasteiger partial charge in [0.2, 0.25) is 10.0 Å². The molecule has 3 N–H and O–H groups in total. The lowest BCUT2D eigenvalue weighted by molar-refractivity contribution is 0.464. The zero-order valence-electron chi connectivity index (χ0n) is 10.9. The molecule has 7 heteroatoms. The predicted molar refractivity (Wildman–Crippen MR) is 75.4 cm³/mol. The van der Waals surface area contributed by atoms with Crippen molar-refractivity contribution in [3.8, 4) is 5.75 Å². The third-order valence-electron chi connectivity index (χ3n) is 2.83. The molecule has 0 unspecified atom stereocenters. The highest BCUT2D eigenvalue weighted by Gasteiger charge is 2.23. The van der Waals surface area contributed by atoms with Gasteiger partial charge in [0.25, 0.3) is 0 Å². The molecule has 0 aliphatic rings. The molecule has 0 radical (unpaired) electrons. The second-order valence-corrected chi connectivity index (χ2v) is 6.33.